The zero-order valence-corrected chi connectivity index (χ0v) is 15.2. The molecule has 0 aliphatic carbocycles. The number of rotatable bonds is 4. The van der Waals surface area contributed by atoms with Gasteiger partial charge in [-0.25, -0.2) is 13.4 Å². The van der Waals surface area contributed by atoms with Crippen LogP contribution in [0.1, 0.15) is 28.5 Å². The summed E-state index contributed by atoms with van der Waals surface area (Å²) >= 11 is 1.53. The summed E-state index contributed by atoms with van der Waals surface area (Å²) in [5.74, 6) is 0.824. The molecule has 1 N–H and O–H groups in total. The lowest BCUT2D eigenvalue weighted by atomic mass is 10.2. The van der Waals surface area contributed by atoms with Gasteiger partial charge in [0.1, 0.15) is 5.82 Å². The molecule has 0 aromatic carbocycles. The fourth-order valence-corrected chi connectivity index (χ4v) is 6.08. The number of aryl methyl sites for hydroxylation is 2. The summed E-state index contributed by atoms with van der Waals surface area (Å²) in [4.78, 5) is 12.0. The van der Waals surface area contributed by atoms with Crippen LogP contribution in [0.3, 0.4) is 0 Å². The van der Waals surface area contributed by atoms with E-state index in [2.05, 4.69) is 21.8 Å². The lowest BCUT2D eigenvalue weighted by Crippen LogP contribution is -2.50. The van der Waals surface area contributed by atoms with Crippen LogP contribution in [0.15, 0.2) is 23.4 Å². The van der Waals surface area contributed by atoms with Crippen molar-refractivity contribution in [2.24, 2.45) is 0 Å². The number of thiophene rings is 1. The molecule has 1 atom stereocenters. The molecule has 3 heterocycles. The zero-order chi connectivity index (χ0) is 16.6. The Bertz CT molecular complexity index is 768. The number of piperazine rings is 1. The highest BCUT2D eigenvalue weighted by Gasteiger charge is 2.36. The molecule has 126 valence electrons. The van der Waals surface area contributed by atoms with Crippen molar-refractivity contribution in [1.29, 1.82) is 0 Å². The zero-order valence-electron chi connectivity index (χ0n) is 13.6. The number of hydrogen-bond acceptors (Lipinski definition) is 5. The van der Waals surface area contributed by atoms with E-state index in [0.717, 1.165) is 22.1 Å². The van der Waals surface area contributed by atoms with Crippen molar-refractivity contribution >= 4 is 21.4 Å². The maximum absolute atomic E-state index is 13.0. The van der Waals surface area contributed by atoms with Gasteiger partial charge in [-0.15, -0.1) is 11.3 Å². The summed E-state index contributed by atoms with van der Waals surface area (Å²) in [5.41, 5.74) is 0. The molecule has 23 heavy (non-hydrogen) atoms. The molecule has 0 saturated carbocycles. The van der Waals surface area contributed by atoms with Gasteiger partial charge in [0.15, 0.2) is 0 Å². The van der Waals surface area contributed by atoms with Gasteiger partial charge < -0.3 is 4.98 Å². The summed E-state index contributed by atoms with van der Waals surface area (Å²) < 4.78 is 27.6. The van der Waals surface area contributed by atoms with Crippen LogP contribution < -0.4 is 0 Å². The monoisotopic (exact) mass is 354 g/mol. The molecule has 8 heteroatoms. The van der Waals surface area contributed by atoms with Gasteiger partial charge >= 0.3 is 0 Å². The molecule has 1 fully saturated rings. The second kappa shape index (κ2) is 6.35. The van der Waals surface area contributed by atoms with Gasteiger partial charge in [0.05, 0.1) is 10.9 Å². The number of H-pyrrole nitrogens is 1. The van der Waals surface area contributed by atoms with Crippen LogP contribution in [-0.2, 0) is 10.0 Å². The quantitative estimate of drug-likeness (QED) is 0.913. The van der Waals surface area contributed by atoms with Crippen molar-refractivity contribution in [3.63, 3.8) is 0 Å². The van der Waals surface area contributed by atoms with E-state index in [0.29, 0.717) is 24.5 Å². The summed E-state index contributed by atoms with van der Waals surface area (Å²) in [7, 11) is -3.45. The lowest BCUT2D eigenvalue weighted by molar-refractivity contribution is 0.119. The minimum atomic E-state index is -3.45. The Kier molecular flexibility index (Phi) is 4.59. The summed E-state index contributed by atoms with van der Waals surface area (Å²) in [5, 5.41) is 0. The second-order valence-corrected chi connectivity index (χ2v) is 9.13. The third-order valence-corrected chi connectivity index (χ3v) is 7.39. The van der Waals surface area contributed by atoms with Gasteiger partial charge in [0.25, 0.3) is 0 Å². The Morgan fingerprint density at radius 3 is 2.74 bits per heavy atom. The van der Waals surface area contributed by atoms with Crippen LogP contribution in [0.5, 0.6) is 0 Å². The molecule has 2 aromatic rings. The summed E-state index contributed by atoms with van der Waals surface area (Å²) in [6.07, 6.45) is 3.49. The van der Waals surface area contributed by atoms with E-state index in [9.17, 15) is 8.42 Å². The number of nitrogens with zero attached hydrogens (tertiary/aromatic N) is 3. The van der Waals surface area contributed by atoms with E-state index < -0.39 is 10.0 Å². The number of nitrogens with one attached hydrogen (secondary N) is 1. The topological polar surface area (TPSA) is 69.3 Å². The Morgan fingerprint density at radius 1 is 1.39 bits per heavy atom. The first-order chi connectivity index (χ1) is 10.9. The van der Waals surface area contributed by atoms with Gasteiger partial charge in [0, 0.05) is 41.8 Å². The van der Waals surface area contributed by atoms with Gasteiger partial charge in [-0.3, -0.25) is 4.90 Å². The lowest BCUT2D eigenvalue weighted by Gasteiger charge is -2.39. The van der Waals surface area contributed by atoms with Gasteiger partial charge in [0.2, 0.25) is 10.0 Å². The predicted octanol–water partition coefficient (Wildman–Crippen LogP) is 2.16. The Balaban J connectivity index is 1.90. The highest BCUT2D eigenvalue weighted by atomic mass is 32.2. The molecule has 1 aliphatic rings. The summed E-state index contributed by atoms with van der Waals surface area (Å²) in [6.45, 7) is 8.43. The molecule has 6 nitrogen and oxygen atoms in total. The largest absolute Gasteiger partial charge is 0.347 e. The molecule has 1 aliphatic heterocycles. The Morgan fingerprint density at radius 2 is 2.17 bits per heavy atom. The van der Waals surface area contributed by atoms with E-state index in [1.54, 1.807) is 22.8 Å². The molecular formula is C15H22N4O2S2. The van der Waals surface area contributed by atoms with E-state index in [-0.39, 0.29) is 6.04 Å². The van der Waals surface area contributed by atoms with E-state index in [1.807, 2.05) is 13.8 Å². The number of aromatic nitrogens is 2. The van der Waals surface area contributed by atoms with Crippen LogP contribution in [0.4, 0.5) is 0 Å². The number of imidazole rings is 1. The fourth-order valence-electron chi connectivity index (χ4n) is 3.11. The van der Waals surface area contributed by atoms with Crippen molar-refractivity contribution in [3.05, 3.63) is 34.0 Å². The fraction of sp³-hybridized carbons (Fsp3) is 0.533. The van der Waals surface area contributed by atoms with Crippen LogP contribution in [0.2, 0.25) is 0 Å². The van der Waals surface area contributed by atoms with Crippen LogP contribution in [0, 0.1) is 13.8 Å². The first-order valence-electron chi connectivity index (χ1n) is 7.74. The van der Waals surface area contributed by atoms with Crippen molar-refractivity contribution in [1.82, 2.24) is 19.2 Å². The molecule has 1 saturated heterocycles. The molecule has 0 spiro atoms. The molecule has 2 aromatic heterocycles. The van der Waals surface area contributed by atoms with Crippen molar-refractivity contribution in [2.45, 2.75) is 31.7 Å². The average Bonchev–Trinajstić information content (AvgIpc) is 3.16. The SMILES string of the molecule is CCN1CCN(S(=O)(=O)c2cc(C)sc2C)CC1c1ncc[nH]1. The second-order valence-electron chi connectivity index (χ2n) is 5.76. The Hall–Kier alpha value is -1.22. The first kappa shape index (κ1) is 16.6. The Labute approximate surface area is 141 Å². The number of hydrogen-bond donors (Lipinski definition) is 1. The normalized spacial score (nSPS) is 20.9. The highest BCUT2D eigenvalue weighted by molar-refractivity contribution is 7.89. The third-order valence-electron chi connectivity index (χ3n) is 4.31. The van der Waals surface area contributed by atoms with E-state index >= 15 is 0 Å². The number of aromatic amines is 1. The highest BCUT2D eigenvalue weighted by Crippen LogP contribution is 2.31. The van der Waals surface area contributed by atoms with Crippen molar-refractivity contribution in [3.8, 4) is 0 Å². The predicted molar refractivity (Wildman–Crippen MR) is 91.1 cm³/mol. The van der Waals surface area contributed by atoms with Crippen LogP contribution >= 0.6 is 11.3 Å². The van der Waals surface area contributed by atoms with Crippen LogP contribution in [-0.4, -0.2) is 53.8 Å². The molecular weight excluding hydrogens is 332 g/mol. The van der Waals surface area contributed by atoms with Gasteiger partial charge in [-0.05, 0) is 26.5 Å². The standard InChI is InChI=1S/C15H22N4O2S2/c1-4-18-7-8-19(10-13(18)15-16-5-6-17-15)23(20,21)14-9-11(2)22-12(14)3/h5-6,9,13H,4,7-8,10H2,1-3H3,(H,16,17). The number of sulfonamides is 1. The van der Waals surface area contributed by atoms with Crippen LogP contribution in [0.25, 0.3) is 0 Å². The molecule has 3 rings (SSSR count). The average molecular weight is 355 g/mol. The molecule has 1 unspecified atom stereocenters. The molecule has 0 amide bonds. The minimum absolute atomic E-state index is 0.0291. The molecule has 0 bridgehead atoms. The van der Waals surface area contributed by atoms with Gasteiger partial charge in [-0.2, -0.15) is 4.31 Å². The van der Waals surface area contributed by atoms with E-state index in [1.165, 1.54) is 11.3 Å². The van der Waals surface area contributed by atoms with Gasteiger partial charge in [-0.1, -0.05) is 6.92 Å². The third kappa shape index (κ3) is 3.08. The van der Waals surface area contributed by atoms with E-state index in [4.69, 9.17) is 0 Å². The first-order valence-corrected chi connectivity index (χ1v) is 9.99. The summed E-state index contributed by atoms with van der Waals surface area (Å²) in [6, 6.07) is 1.75. The van der Waals surface area contributed by atoms with Crippen molar-refractivity contribution in [2.75, 3.05) is 26.2 Å². The smallest absolute Gasteiger partial charge is 0.244 e. The maximum atomic E-state index is 13.0. The molecule has 0 radical (unpaired) electrons. The maximum Gasteiger partial charge on any atom is 0.244 e. The minimum Gasteiger partial charge on any atom is -0.347 e. The van der Waals surface area contributed by atoms with Crippen molar-refractivity contribution < 1.29 is 8.42 Å². The number of likely N-dealkylation sites (N-methyl/N-ethyl adjacent to an activating group) is 1.